The van der Waals surface area contributed by atoms with E-state index in [4.69, 9.17) is 0 Å². The second-order valence-corrected chi connectivity index (χ2v) is 3.00. The van der Waals surface area contributed by atoms with Crippen molar-refractivity contribution in [3.63, 3.8) is 0 Å². The first-order chi connectivity index (χ1) is 5.43. The molecule has 0 N–H and O–H groups in total. The molecule has 0 bridgehead atoms. The van der Waals surface area contributed by atoms with Gasteiger partial charge >= 0.3 is 6.18 Å². The van der Waals surface area contributed by atoms with Gasteiger partial charge in [-0.3, -0.25) is 4.99 Å². The molecule has 0 radical (unpaired) electrons. The van der Waals surface area contributed by atoms with Crippen molar-refractivity contribution in [1.29, 1.82) is 0 Å². The minimum Gasteiger partial charge on any atom is -0.276 e. The van der Waals surface area contributed by atoms with Gasteiger partial charge in [-0.25, -0.2) is 0 Å². The normalized spacial score (nSPS) is 18.2. The van der Waals surface area contributed by atoms with Crippen molar-refractivity contribution in [2.45, 2.75) is 20.0 Å². The Morgan fingerprint density at radius 2 is 2.00 bits per heavy atom. The third-order valence-corrected chi connectivity index (χ3v) is 1.72. The number of halogens is 3. The van der Waals surface area contributed by atoms with Crippen molar-refractivity contribution in [1.82, 2.24) is 0 Å². The van der Waals surface area contributed by atoms with Gasteiger partial charge in [-0.2, -0.15) is 13.2 Å². The van der Waals surface area contributed by atoms with E-state index in [1.807, 2.05) is 0 Å². The topological polar surface area (TPSA) is 12.4 Å². The Hall–Kier alpha value is -0.800. The molecule has 0 atom stereocenters. The molecule has 0 aliphatic carbocycles. The second kappa shape index (κ2) is 2.92. The standard InChI is InChI=1S/C8H10F3N/c1-5(2)6-3-4-12-7(6)8(9,10)11/h3,5H,4H2,1-2H3. The van der Waals surface area contributed by atoms with Crippen LogP contribution in [0.2, 0.25) is 0 Å². The minimum atomic E-state index is -4.29. The van der Waals surface area contributed by atoms with Crippen LogP contribution in [0.15, 0.2) is 16.6 Å². The molecular formula is C8H10F3N. The van der Waals surface area contributed by atoms with Crippen molar-refractivity contribution in [2.75, 3.05) is 6.54 Å². The van der Waals surface area contributed by atoms with Crippen LogP contribution in [0.4, 0.5) is 13.2 Å². The van der Waals surface area contributed by atoms with Crippen LogP contribution in [0, 0.1) is 5.92 Å². The summed E-state index contributed by atoms with van der Waals surface area (Å²) in [7, 11) is 0. The van der Waals surface area contributed by atoms with Gasteiger partial charge in [0, 0.05) is 0 Å². The van der Waals surface area contributed by atoms with E-state index in [-0.39, 0.29) is 12.5 Å². The summed E-state index contributed by atoms with van der Waals surface area (Å²) in [6.45, 7) is 3.64. The van der Waals surface area contributed by atoms with Crippen LogP contribution in [0.5, 0.6) is 0 Å². The van der Waals surface area contributed by atoms with Gasteiger partial charge in [-0.05, 0) is 11.5 Å². The summed E-state index contributed by atoms with van der Waals surface area (Å²) in [6.07, 6.45) is -2.75. The van der Waals surface area contributed by atoms with Crippen molar-refractivity contribution in [3.05, 3.63) is 11.6 Å². The lowest BCUT2D eigenvalue weighted by Crippen LogP contribution is -2.25. The van der Waals surface area contributed by atoms with Gasteiger partial charge in [-0.1, -0.05) is 19.9 Å². The Morgan fingerprint density at radius 1 is 1.42 bits per heavy atom. The highest BCUT2D eigenvalue weighted by Crippen LogP contribution is 2.28. The summed E-state index contributed by atoms with van der Waals surface area (Å²) < 4.78 is 36.6. The highest BCUT2D eigenvalue weighted by Gasteiger charge is 2.39. The summed E-state index contributed by atoms with van der Waals surface area (Å²) in [6, 6.07) is 0. The lowest BCUT2D eigenvalue weighted by atomic mass is 9.99. The predicted molar refractivity (Wildman–Crippen MR) is 41.3 cm³/mol. The quantitative estimate of drug-likeness (QED) is 0.583. The van der Waals surface area contributed by atoms with E-state index in [0.717, 1.165) is 0 Å². The van der Waals surface area contributed by atoms with E-state index >= 15 is 0 Å². The number of hydrogen-bond donors (Lipinski definition) is 0. The Morgan fingerprint density at radius 3 is 2.33 bits per heavy atom. The maximum Gasteiger partial charge on any atom is 0.433 e. The van der Waals surface area contributed by atoms with E-state index in [9.17, 15) is 13.2 Å². The highest BCUT2D eigenvalue weighted by atomic mass is 19.4. The summed E-state index contributed by atoms with van der Waals surface area (Å²) >= 11 is 0. The van der Waals surface area contributed by atoms with Crippen LogP contribution in [0.3, 0.4) is 0 Å². The maximum absolute atomic E-state index is 12.2. The number of alkyl halides is 3. The number of hydrogen-bond acceptors (Lipinski definition) is 1. The molecule has 0 aromatic carbocycles. The van der Waals surface area contributed by atoms with Crippen LogP contribution < -0.4 is 0 Å². The molecule has 68 valence electrons. The fraction of sp³-hybridized carbons (Fsp3) is 0.625. The van der Waals surface area contributed by atoms with Gasteiger partial charge in [0.05, 0.1) is 6.54 Å². The summed E-state index contributed by atoms with van der Waals surface area (Å²) in [4.78, 5) is 3.41. The van der Waals surface area contributed by atoms with Crippen LogP contribution in [-0.4, -0.2) is 18.4 Å². The third-order valence-electron chi connectivity index (χ3n) is 1.72. The van der Waals surface area contributed by atoms with Crippen molar-refractivity contribution >= 4 is 5.71 Å². The average Bonchev–Trinajstić information content (AvgIpc) is 2.30. The zero-order chi connectivity index (χ0) is 9.35. The third kappa shape index (κ3) is 1.68. The molecule has 1 rings (SSSR count). The number of nitrogens with zero attached hydrogens (tertiary/aromatic N) is 1. The Kier molecular flexibility index (Phi) is 2.26. The SMILES string of the molecule is CC(C)C1=CCN=C1C(F)(F)F. The first kappa shape index (κ1) is 9.29. The molecule has 0 amide bonds. The molecular weight excluding hydrogens is 167 g/mol. The molecule has 1 aliphatic heterocycles. The lowest BCUT2D eigenvalue weighted by molar-refractivity contribution is -0.0584. The second-order valence-electron chi connectivity index (χ2n) is 3.00. The zero-order valence-electron chi connectivity index (χ0n) is 6.94. The van der Waals surface area contributed by atoms with Gasteiger partial charge in [0.15, 0.2) is 0 Å². The predicted octanol–water partition coefficient (Wildman–Crippen LogP) is 2.59. The molecule has 0 aromatic rings. The first-order valence-corrected chi connectivity index (χ1v) is 3.75. The molecule has 1 aliphatic rings. The van der Waals surface area contributed by atoms with Gasteiger partial charge in [0.2, 0.25) is 0 Å². The molecule has 0 fully saturated rings. The van der Waals surface area contributed by atoms with Crippen LogP contribution in [0.25, 0.3) is 0 Å². The molecule has 0 saturated heterocycles. The zero-order valence-corrected chi connectivity index (χ0v) is 6.94. The van der Waals surface area contributed by atoms with E-state index in [1.165, 1.54) is 6.08 Å². The number of allylic oxidation sites excluding steroid dienone is 1. The maximum atomic E-state index is 12.2. The van der Waals surface area contributed by atoms with E-state index in [0.29, 0.717) is 5.57 Å². The fourth-order valence-electron chi connectivity index (χ4n) is 1.19. The van der Waals surface area contributed by atoms with Gasteiger partial charge in [-0.15, -0.1) is 0 Å². The largest absolute Gasteiger partial charge is 0.433 e. The molecule has 0 aromatic heterocycles. The number of rotatable bonds is 1. The number of aliphatic imine (C=N–C) groups is 1. The summed E-state index contributed by atoms with van der Waals surface area (Å²) in [5.74, 6) is -0.104. The molecule has 0 saturated carbocycles. The van der Waals surface area contributed by atoms with Crippen LogP contribution in [-0.2, 0) is 0 Å². The molecule has 1 heterocycles. The fourth-order valence-corrected chi connectivity index (χ4v) is 1.19. The smallest absolute Gasteiger partial charge is 0.276 e. The van der Waals surface area contributed by atoms with E-state index < -0.39 is 11.9 Å². The van der Waals surface area contributed by atoms with E-state index in [2.05, 4.69) is 4.99 Å². The van der Waals surface area contributed by atoms with E-state index in [1.54, 1.807) is 13.8 Å². The Balaban J connectivity index is 2.88. The highest BCUT2D eigenvalue weighted by molar-refractivity contribution is 6.06. The monoisotopic (exact) mass is 177 g/mol. The van der Waals surface area contributed by atoms with Gasteiger partial charge in [0.1, 0.15) is 5.71 Å². The Bertz CT molecular complexity index is 235. The van der Waals surface area contributed by atoms with Gasteiger partial charge < -0.3 is 0 Å². The van der Waals surface area contributed by atoms with Crippen molar-refractivity contribution in [3.8, 4) is 0 Å². The molecule has 12 heavy (non-hydrogen) atoms. The first-order valence-electron chi connectivity index (χ1n) is 3.75. The summed E-state index contributed by atoms with van der Waals surface area (Å²) in [5.41, 5.74) is -0.375. The van der Waals surface area contributed by atoms with Crippen LogP contribution >= 0.6 is 0 Å². The Labute approximate surface area is 69.0 Å². The molecule has 0 spiro atoms. The molecule has 0 unspecified atom stereocenters. The van der Waals surface area contributed by atoms with Gasteiger partial charge in [0.25, 0.3) is 0 Å². The lowest BCUT2D eigenvalue weighted by Gasteiger charge is -2.12. The minimum absolute atomic E-state index is 0.104. The average molecular weight is 177 g/mol. The van der Waals surface area contributed by atoms with Crippen molar-refractivity contribution < 1.29 is 13.2 Å². The summed E-state index contributed by atoms with van der Waals surface area (Å²) in [5, 5.41) is 0. The van der Waals surface area contributed by atoms with Crippen LogP contribution in [0.1, 0.15) is 13.8 Å². The van der Waals surface area contributed by atoms with Crippen molar-refractivity contribution in [2.24, 2.45) is 10.9 Å². The molecule has 4 heteroatoms. The molecule has 1 nitrogen and oxygen atoms in total.